The van der Waals surface area contributed by atoms with Crippen molar-refractivity contribution in [1.82, 2.24) is 15.5 Å². The van der Waals surface area contributed by atoms with E-state index in [1.807, 2.05) is 50.2 Å². The number of hydrogen-bond donors (Lipinski definition) is 3. The van der Waals surface area contributed by atoms with Crippen molar-refractivity contribution in [2.45, 2.75) is 26.3 Å². The highest BCUT2D eigenvalue weighted by Gasteiger charge is 2.27. The number of amides is 3. The third-order valence-electron chi connectivity index (χ3n) is 4.61. The van der Waals surface area contributed by atoms with Crippen LogP contribution in [0.4, 0.5) is 15.6 Å². The molecule has 0 saturated carbocycles. The van der Waals surface area contributed by atoms with E-state index in [1.165, 1.54) is 11.3 Å². The van der Waals surface area contributed by atoms with Gasteiger partial charge in [-0.25, -0.2) is 4.79 Å². The Morgan fingerprint density at radius 1 is 1.03 bits per heavy atom. The summed E-state index contributed by atoms with van der Waals surface area (Å²) in [5.41, 5.74) is 1.53. The molecule has 7 nitrogen and oxygen atoms in total. The maximum Gasteiger partial charge on any atom is 0.319 e. The second kappa shape index (κ2) is 10.8. The molecule has 2 aromatic carbocycles. The van der Waals surface area contributed by atoms with Crippen LogP contribution in [0.2, 0.25) is 0 Å². The number of nitrogens with zero attached hydrogens (tertiary/aromatic N) is 2. The van der Waals surface area contributed by atoms with Gasteiger partial charge in [0.25, 0.3) is 0 Å². The van der Waals surface area contributed by atoms with Crippen LogP contribution in [0.3, 0.4) is 0 Å². The largest absolute Gasteiger partial charge is 0.326 e. The van der Waals surface area contributed by atoms with E-state index in [2.05, 4.69) is 58.0 Å². The number of urea groups is 1. The number of nitrogens with one attached hydrogen (secondary N) is 3. The Morgan fingerprint density at radius 3 is 2.45 bits per heavy atom. The first-order valence-corrected chi connectivity index (χ1v) is 12.0. The Labute approximate surface area is 201 Å². The molecular weight excluding hydrogens is 546 g/mol. The number of halogens is 2. The van der Waals surface area contributed by atoms with Gasteiger partial charge in [-0.3, -0.25) is 10.1 Å². The molecule has 0 unspecified atom stereocenters. The van der Waals surface area contributed by atoms with Crippen molar-refractivity contribution >= 4 is 66.0 Å². The summed E-state index contributed by atoms with van der Waals surface area (Å²) in [5.74, 6) is -0.413. The maximum atomic E-state index is 12.9. The number of benzene rings is 2. The molecule has 0 fully saturated rings. The van der Waals surface area contributed by atoms with Gasteiger partial charge in [0, 0.05) is 20.2 Å². The topological polar surface area (TPSA) is 96.0 Å². The van der Waals surface area contributed by atoms with Gasteiger partial charge in [-0.05, 0) is 36.2 Å². The van der Waals surface area contributed by atoms with E-state index in [0.717, 1.165) is 20.9 Å². The van der Waals surface area contributed by atoms with Crippen LogP contribution >= 0.6 is 43.2 Å². The van der Waals surface area contributed by atoms with E-state index >= 15 is 0 Å². The summed E-state index contributed by atoms with van der Waals surface area (Å²) in [4.78, 5) is 25.4. The molecule has 0 aliphatic heterocycles. The molecule has 31 heavy (non-hydrogen) atoms. The van der Waals surface area contributed by atoms with Gasteiger partial charge in [-0.1, -0.05) is 81.7 Å². The van der Waals surface area contributed by atoms with Gasteiger partial charge in [0.2, 0.25) is 11.0 Å². The summed E-state index contributed by atoms with van der Waals surface area (Å²) in [7, 11) is 0. The standard InChI is InChI=1S/C21H21Br2N5O2S/c1-3-12(2)17(25-20(30)24-16-6-4-5-15(23)11-16)18(29)26-21-28-27-19(31-21)13-7-9-14(22)10-8-13/h4-12,17H,3H2,1-2H3,(H2,24,25,30)(H,26,28,29)/t12-,17-/m0/s1. The van der Waals surface area contributed by atoms with Crippen LogP contribution < -0.4 is 16.0 Å². The third kappa shape index (κ3) is 6.59. The van der Waals surface area contributed by atoms with Gasteiger partial charge in [-0.15, -0.1) is 10.2 Å². The fraction of sp³-hybridized carbons (Fsp3) is 0.238. The summed E-state index contributed by atoms with van der Waals surface area (Å²) >= 11 is 8.05. The van der Waals surface area contributed by atoms with Crippen LogP contribution in [-0.2, 0) is 4.79 Å². The lowest BCUT2D eigenvalue weighted by Crippen LogP contribution is -2.49. The molecule has 3 N–H and O–H groups in total. The van der Waals surface area contributed by atoms with Crippen molar-refractivity contribution in [1.29, 1.82) is 0 Å². The highest BCUT2D eigenvalue weighted by Crippen LogP contribution is 2.27. The van der Waals surface area contributed by atoms with E-state index in [0.29, 0.717) is 15.8 Å². The molecule has 0 aliphatic carbocycles. The summed E-state index contributed by atoms with van der Waals surface area (Å²) in [6.07, 6.45) is 0.718. The second-order valence-corrected chi connectivity index (χ2v) is 9.69. The average molecular weight is 567 g/mol. The van der Waals surface area contributed by atoms with Crippen LogP contribution in [0.15, 0.2) is 57.5 Å². The van der Waals surface area contributed by atoms with Crippen molar-refractivity contribution in [2.75, 3.05) is 10.6 Å². The first-order valence-electron chi connectivity index (χ1n) is 9.59. The number of carbonyl (C=O) groups is 2. The normalized spacial score (nSPS) is 12.6. The molecule has 162 valence electrons. The zero-order chi connectivity index (χ0) is 22.4. The van der Waals surface area contributed by atoms with Crippen LogP contribution in [0.1, 0.15) is 20.3 Å². The van der Waals surface area contributed by atoms with E-state index in [4.69, 9.17) is 0 Å². The molecule has 0 aliphatic rings. The van der Waals surface area contributed by atoms with Crippen LogP contribution in [0.25, 0.3) is 10.6 Å². The van der Waals surface area contributed by atoms with Crippen molar-refractivity contribution in [2.24, 2.45) is 5.92 Å². The van der Waals surface area contributed by atoms with Crippen LogP contribution in [-0.4, -0.2) is 28.2 Å². The van der Waals surface area contributed by atoms with E-state index in [9.17, 15) is 9.59 Å². The lowest BCUT2D eigenvalue weighted by molar-refractivity contribution is -0.119. The minimum absolute atomic E-state index is 0.0767. The second-order valence-electron chi connectivity index (χ2n) is 6.88. The third-order valence-corrected chi connectivity index (χ3v) is 6.52. The molecule has 0 radical (unpaired) electrons. The monoisotopic (exact) mass is 565 g/mol. The predicted octanol–water partition coefficient (Wildman–Crippen LogP) is 5.91. The molecule has 10 heteroatoms. The average Bonchev–Trinajstić information content (AvgIpc) is 3.20. The van der Waals surface area contributed by atoms with Crippen LogP contribution in [0.5, 0.6) is 0 Å². The zero-order valence-electron chi connectivity index (χ0n) is 16.9. The lowest BCUT2D eigenvalue weighted by Gasteiger charge is -2.23. The van der Waals surface area contributed by atoms with E-state index in [1.54, 1.807) is 12.1 Å². The molecule has 3 aromatic rings. The van der Waals surface area contributed by atoms with Gasteiger partial charge in [0.15, 0.2) is 0 Å². The van der Waals surface area contributed by atoms with Gasteiger partial charge < -0.3 is 10.6 Å². The molecule has 3 rings (SSSR count). The fourth-order valence-corrected chi connectivity index (χ4v) is 4.16. The number of aromatic nitrogens is 2. The Hall–Kier alpha value is -2.30. The molecular formula is C21H21Br2N5O2S. The molecule has 0 spiro atoms. The lowest BCUT2D eigenvalue weighted by atomic mass is 9.98. The molecule has 3 amide bonds. The number of anilines is 2. The molecule has 0 saturated heterocycles. The first-order chi connectivity index (χ1) is 14.9. The van der Waals surface area contributed by atoms with Crippen molar-refractivity contribution < 1.29 is 9.59 Å². The van der Waals surface area contributed by atoms with Gasteiger partial charge in [-0.2, -0.15) is 0 Å². The van der Waals surface area contributed by atoms with Crippen molar-refractivity contribution in [3.8, 4) is 10.6 Å². The smallest absolute Gasteiger partial charge is 0.319 e. The van der Waals surface area contributed by atoms with Gasteiger partial charge in [0.1, 0.15) is 11.0 Å². The van der Waals surface area contributed by atoms with E-state index in [-0.39, 0.29) is 11.8 Å². The SMILES string of the molecule is CC[C@H](C)[C@H](NC(=O)Nc1cccc(Br)c1)C(=O)Nc1nnc(-c2ccc(Br)cc2)s1. The summed E-state index contributed by atoms with van der Waals surface area (Å²) < 4.78 is 1.82. The highest BCUT2D eigenvalue weighted by molar-refractivity contribution is 9.10. The van der Waals surface area contributed by atoms with Gasteiger partial charge >= 0.3 is 6.03 Å². The number of rotatable bonds is 7. The van der Waals surface area contributed by atoms with Crippen LogP contribution in [0, 0.1) is 5.92 Å². The Morgan fingerprint density at radius 2 is 1.77 bits per heavy atom. The van der Waals surface area contributed by atoms with Crippen molar-refractivity contribution in [3.63, 3.8) is 0 Å². The minimum Gasteiger partial charge on any atom is -0.326 e. The summed E-state index contributed by atoms with van der Waals surface area (Å²) in [6, 6.07) is 13.7. The molecule has 1 aromatic heterocycles. The van der Waals surface area contributed by atoms with Crippen molar-refractivity contribution in [3.05, 3.63) is 57.5 Å². The van der Waals surface area contributed by atoms with E-state index < -0.39 is 12.1 Å². The first kappa shape index (κ1) is 23.4. The molecule has 0 bridgehead atoms. The Balaban J connectivity index is 1.67. The Bertz CT molecular complexity index is 1060. The summed E-state index contributed by atoms with van der Waals surface area (Å²) in [6.45, 7) is 3.88. The van der Waals surface area contributed by atoms with Gasteiger partial charge in [0.05, 0.1) is 0 Å². The minimum atomic E-state index is -0.725. The molecule has 1 heterocycles. The molecule has 2 atom stereocenters. The maximum absolute atomic E-state index is 12.9. The summed E-state index contributed by atoms with van der Waals surface area (Å²) in [5, 5.41) is 17.6. The fourth-order valence-electron chi connectivity index (χ4n) is 2.74. The number of carbonyl (C=O) groups excluding carboxylic acids is 2. The predicted molar refractivity (Wildman–Crippen MR) is 131 cm³/mol. The quantitative estimate of drug-likeness (QED) is 0.331. The number of hydrogen-bond acceptors (Lipinski definition) is 5. The Kier molecular flexibility index (Phi) is 8.16. The highest BCUT2D eigenvalue weighted by atomic mass is 79.9. The zero-order valence-corrected chi connectivity index (χ0v) is 20.8.